The summed E-state index contributed by atoms with van der Waals surface area (Å²) in [6, 6.07) is 0. The number of ether oxygens (including phenoxy) is 3. The van der Waals surface area contributed by atoms with Crippen molar-refractivity contribution in [2.75, 3.05) is 13.2 Å². The van der Waals surface area contributed by atoms with E-state index in [9.17, 15) is 14.4 Å². The van der Waals surface area contributed by atoms with Gasteiger partial charge in [-0.1, -0.05) is 189 Å². The Bertz CT molecular complexity index is 1180. The molecule has 0 aliphatic carbocycles. The van der Waals surface area contributed by atoms with E-state index >= 15 is 0 Å². The van der Waals surface area contributed by atoms with Crippen molar-refractivity contribution in [2.45, 2.75) is 194 Å². The van der Waals surface area contributed by atoms with Gasteiger partial charge in [-0.2, -0.15) is 0 Å². The van der Waals surface area contributed by atoms with E-state index in [0.717, 1.165) is 64.2 Å². The normalized spacial score (nSPS) is 13.0. The molecule has 1 atom stereocenters. The number of hydrogen-bond donors (Lipinski definition) is 0. The molecule has 0 saturated carbocycles. The van der Waals surface area contributed by atoms with Crippen molar-refractivity contribution in [2.24, 2.45) is 0 Å². The van der Waals surface area contributed by atoms with E-state index in [0.29, 0.717) is 12.8 Å². The molecule has 0 aromatic heterocycles. The Hall–Kier alpha value is -3.67. The Morgan fingerprint density at radius 1 is 0.404 bits per heavy atom. The molecule has 0 fully saturated rings. The molecule has 0 amide bonds. The van der Waals surface area contributed by atoms with Crippen LogP contribution in [0.4, 0.5) is 0 Å². The molecule has 6 nitrogen and oxygen atoms in total. The van der Waals surface area contributed by atoms with Gasteiger partial charge in [0.15, 0.2) is 6.10 Å². The average Bonchev–Trinajstić information content (AvgIpc) is 3.21. The molecule has 0 spiro atoms. The summed E-state index contributed by atoms with van der Waals surface area (Å²) >= 11 is 0. The lowest BCUT2D eigenvalue weighted by Crippen LogP contribution is -2.30. The number of carbonyl (C=O) groups excluding carboxylic acids is 3. The molecular weight excluding hydrogens is 709 g/mol. The maximum atomic E-state index is 12.7. The lowest BCUT2D eigenvalue weighted by Gasteiger charge is -2.18. The van der Waals surface area contributed by atoms with Crippen molar-refractivity contribution in [1.29, 1.82) is 0 Å². The van der Waals surface area contributed by atoms with Crippen molar-refractivity contribution in [3.63, 3.8) is 0 Å². The summed E-state index contributed by atoms with van der Waals surface area (Å²) in [4.78, 5) is 37.6. The molecule has 0 N–H and O–H groups in total. The van der Waals surface area contributed by atoms with Gasteiger partial charge in [-0.25, -0.2) is 0 Å². The molecule has 0 radical (unpaired) electrons. The van der Waals surface area contributed by atoms with Gasteiger partial charge in [0, 0.05) is 12.8 Å². The van der Waals surface area contributed by atoms with E-state index in [1.807, 2.05) is 42.5 Å². The fraction of sp³-hybridized carbons (Fsp3) is 0.627. The molecule has 0 heterocycles. The number of hydrogen-bond acceptors (Lipinski definition) is 6. The van der Waals surface area contributed by atoms with Gasteiger partial charge in [0.05, 0.1) is 6.42 Å². The molecule has 1 unspecified atom stereocenters. The molecule has 322 valence electrons. The fourth-order valence-electron chi connectivity index (χ4n) is 5.80. The molecule has 0 aromatic rings. The first-order valence-corrected chi connectivity index (χ1v) is 22.8. The van der Waals surface area contributed by atoms with Crippen LogP contribution in [0.15, 0.2) is 97.2 Å². The van der Waals surface area contributed by atoms with Crippen molar-refractivity contribution in [3.8, 4) is 0 Å². The van der Waals surface area contributed by atoms with Crippen molar-refractivity contribution < 1.29 is 28.6 Å². The van der Waals surface area contributed by atoms with Crippen LogP contribution in [0.3, 0.4) is 0 Å². The molecule has 0 rings (SSSR count). The Morgan fingerprint density at radius 2 is 0.842 bits per heavy atom. The van der Waals surface area contributed by atoms with Crippen LogP contribution in [0.2, 0.25) is 0 Å². The third-order valence-electron chi connectivity index (χ3n) is 9.18. The summed E-state index contributed by atoms with van der Waals surface area (Å²) in [5.41, 5.74) is 0. The first kappa shape index (κ1) is 53.3. The third-order valence-corrected chi connectivity index (χ3v) is 9.18. The standard InChI is InChI=1S/C51H82O6/c1-4-7-10-13-16-19-21-23-24-25-26-28-29-32-35-38-41-44-50(53)56-47-48(46-55-49(52)43-40-37-34-31-18-15-12-9-6-3)57-51(54)45-42-39-36-33-30-27-22-20-17-14-11-8-5-2/h8-9,11-12,14,17-18,20,22-24,27,30-31,37,40,48H,4-7,10,13,15-16,19,21,25-26,28-29,32-36,38-39,41-47H2,1-3H3/b11-8-,12-9-,17-14-,22-20-,24-23-,30-27-,31-18-,40-37-. The summed E-state index contributed by atoms with van der Waals surface area (Å²) in [5.74, 6) is -1.11. The molecule has 0 aliphatic heterocycles. The summed E-state index contributed by atoms with van der Waals surface area (Å²) in [6.07, 6.45) is 58.6. The van der Waals surface area contributed by atoms with Gasteiger partial charge in [-0.15, -0.1) is 0 Å². The SMILES string of the molecule is CC\C=C/C=C\C=C/C=C\CCCCCC(=O)OC(COC(=O)C/C=C\C/C=C\C/C=C\CC)COC(=O)CCCCCCCCC/C=C\CCCCCCCC. The first-order chi connectivity index (χ1) is 28.0. The minimum atomic E-state index is -0.833. The highest BCUT2D eigenvalue weighted by atomic mass is 16.6. The molecule has 0 saturated heterocycles. The highest BCUT2D eigenvalue weighted by Gasteiger charge is 2.19. The van der Waals surface area contributed by atoms with Crippen LogP contribution in [0.5, 0.6) is 0 Å². The van der Waals surface area contributed by atoms with Gasteiger partial charge in [0.2, 0.25) is 0 Å². The van der Waals surface area contributed by atoms with Gasteiger partial charge in [-0.05, 0) is 77.0 Å². The van der Waals surface area contributed by atoms with Crippen LogP contribution in [-0.2, 0) is 28.6 Å². The summed E-state index contributed by atoms with van der Waals surface area (Å²) in [7, 11) is 0. The summed E-state index contributed by atoms with van der Waals surface area (Å²) in [5, 5.41) is 0. The predicted octanol–water partition coefficient (Wildman–Crippen LogP) is 14.6. The highest BCUT2D eigenvalue weighted by Crippen LogP contribution is 2.13. The molecule has 0 aliphatic rings. The Kier molecular flexibility index (Phi) is 42.1. The Balaban J connectivity index is 4.47. The lowest BCUT2D eigenvalue weighted by atomic mass is 10.1. The molecule has 0 bridgehead atoms. The van der Waals surface area contributed by atoms with E-state index in [2.05, 4.69) is 69.4 Å². The maximum absolute atomic E-state index is 12.7. The molecule has 0 aromatic carbocycles. The second-order valence-corrected chi connectivity index (χ2v) is 14.7. The monoisotopic (exact) mass is 791 g/mol. The largest absolute Gasteiger partial charge is 0.462 e. The van der Waals surface area contributed by atoms with Crippen LogP contribution in [0.25, 0.3) is 0 Å². The van der Waals surface area contributed by atoms with Crippen molar-refractivity contribution in [1.82, 2.24) is 0 Å². The van der Waals surface area contributed by atoms with E-state index in [1.54, 1.807) is 6.08 Å². The van der Waals surface area contributed by atoms with Crippen LogP contribution in [-0.4, -0.2) is 37.2 Å². The van der Waals surface area contributed by atoms with Crippen LogP contribution in [0.1, 0.15) is 188 Å². The van der Waals surface area contributed by atoms with Gasteiger partial charge in [0.25, 0.3) is 0 Å². The second kappa shape index (κ2) is 45.0. The molecule has 57 heavy (non-hydrogen) atoms. The number of unbranched alkanes of at least 4 members (excludes halogenated alkanes) is 16. The highest BCUT2D eigenvalue weighted by molar-refractivity contribution is 5.72. The van der Waals surface area contributed by atoms with Gasteiger partial charge in [0.1, 0.15) is 13.2 Å². The zero-order valence-corrected chi connectivity index (χ0v) is 36.6. The number of rotatable bonds is 39. The minimum Gasteiger partial charge on any atom is -0.462 e. The maximum Gasteiger partial charge on any atom is 0.309 e. The first-order valence-electron chi connectivity index (χ1n) is 22.8. The van der Waals surface area contributed by atoms with Gasteiger partial charge < -0.3 is 14.2 Å². The van der Waals surface area contributed by atoms with Crippen LogP contribution in [0, 0.1) is 0 Å². The predicted molar refractivity (Wildman–Crippen MR) is 242 cm³/mol. The number of carbonyl (C=O) groups is 3. The van der Waals surface area contributed by atoms with Crippen molar-refractivity contribution in [3.05, 3.63) is 97.2 Å². The smallest absolute Gasteiger partial charge is 0.309 e. The zero-order valence-electron chi connectivity index (χ0n) is 36.6. The second-order valence-electron chi connectivity index (χ2n) is 14.7. The van der Waals surface area contributed by atoms with E-state index in [-0.39, 0.29) is 38.0 Å². The quantitative estimate of drug-likeness (QED) is 0.0203. The fourth-order valence-corrected chi connectivity index (χ4v) is 5.80. The third kappa shape index (κ3) is 43.3. The van der Waals surface area contributed by atoms with Crippen LogP contribution < -0.4 is 0 Å². The van der Waals surface area contributed by atoms with Crippen LogP contribution >= 0.6 is 0 Å². The minimum absolute atomic E-state index is 0.123. The van der Waals surface area contributed by atoms with Gasteiger partial charge in [-0.3, -0.25) is 14.4 Å². The Labute approximate surface area is 349 Å². The molecular formula is C51H82O6. The zero-order chi connectivity index (χ0) is 41.5. The summed E-state index contributed by atoms with van der Waals surface area (Å²) < 4.78 is 16.5. The number of allylic oxidation sites excluding steroid dienone is 15. The number of esters is 3. The van der Waals surface area contributed by atoms with Crippen molar-refractivity contribution >= 4 is 17.9 Å². The van der Waals surface area contributed by atoms with E-state index in [4.69, 9.17) is 14.2 Å². The van der Waals surface area contributed by atoms with E-state index in [1.165, 1.54) is 77.0 Å². The average molecular weight is 791 g/mol. The topological polar surface area (TPSA) is 78.9 Å². The van der Waals surface area contributed by atoms with Gasteiger partial charge >= 0.3 is 17.9 Å². The lowest BCUT2D eigenvalue weighted by molar-refractivity contribution is -0.166. The van der Waals surface area contributed by atoms with E-state index < -0.39 is 12.1 Å². The Morgan fingerprint density at radius 3 is 1.44 bits per heavy atom. The molecule has 6 heteroatoms. The summed E-state index contributed by atoms with van der Waals surface area (Å²) in [6.45, 7) is 6.21.